The Bertz CT molecular complexity index is 205. The van der Waals surface area contributed by atoms with Crippen LogP contribution >= 0.6 is 0 Å². The molecule has 0 saturated carbocycles. The molecule has 1 rings (SSSR count). The van der Waals surface area contributed by atoms with Crippen molar-refractivity contribution < 1.29 is 4.52 Å². The second kappa shape index (κ2) is 2.82. The molecule has 0 aromatic carbocycles. The van der Waals surface area contributed by atoms with Crippen LogP contribution in [0.1, 0.15) is 25.6 Å². The molecule has 0 fully saturated rings. The van der Waals surface area contributed by atoms with Crippen molar-refractivity contribution in [3.05, 3.63) is 11.7 Å². The van der Waals surface area contributed by atoms with Crippen LogP contribution in [0, 0.1) is 12.8 Å². The molecule has 56 valence electrons. The molecule has 0 aliphatic rings. The number of hydrogen-bond donors (Lipinski definition) is 0. The van der Waals surface area contributed by atoms with Crippen molar-refractivity contribution in [1.82, 2.24) is 10.1 Å². The first kappa shape index (κ1) is 7.25. The molecule has 0 radical (unpaired) electrons. The molecule has 0 bridgehead atoms. The zero-order valence-electron chi connectivity index (χ0n) is 6.59. The van der Waals surface area contributed by atoms with Crippen LogP contribution in [0.4, 0.5) is 0 Å². The van der Waals surface area contributed by atoms with Gasteiger partial charge in [-0.15, -0.1) is 0 Å². The summed E-state index contributed by atoms with van der Waals surface area (Å²) in [5.74, 6) is 2.04. The van der Waals surface area contributed by atoms with Crippen LogP contribution in [0.25, 0.3) is 0 Å². The highest BCUT2D eigenvalue weighted by atomic mass is 16.5. The van der Waals surface area contributed by atoms with Crippen LogP contribution in [-0.4, -0.2) is 10.1 Å². The predicted molar refractivity (Wildman–Crippen MR) is 37.6 cm³/mol. The molecule has 3 nitrogen and oxygen atoms in total. The Balaban J connectivity index is 2.58. The first-order valence-corrected chi connectivity index (χ1v) is 3.47. The van der Waals surface area contributed by atoms with Gasteiger partial charge in [0.25, 0.3) is 0 Å². The molecule has 0 unspecified atom stereocenters. The summed E-state index contributed by atoms with van der Waals surface area (Å²) in [4.78, 5) is 4.07. The Labute approximate surface area is 60.4 Å². The van der Waals surface area contributed by atoms with E-state index in [1.165, 1.54) is 0 Å². The van der Waals surface area contributed by atoms with Gasteiger partial charge in [0, 0.05) is 6.42 Å². The van der Waals surface area contributed by atoms with E-state index < -0.39 is 0 Å². The van der Waals surface area contributed by atoms with Crippen LogP contribution < -0.4 is 0 Å². The van der Waals surface area contributed by atoms with Gasteiger partial charge in [0.2, 0.25) is 5.89 Å². The number of aryl methyl sites for hydroxylation is 1. The minimum absolute atomic E-state index is 0.583. The summed E-state index contributed by atoms with van der Waals surface area (Å²) in [6, 6.07) is 0. The van der Waals surface area contributed by atoms with Gasteiger partial charge in [-0.25, -0.2) is 0 Å². The maximum atomic E-state index is 4.91. The molecule has 0 atom stereocenters. The minimum Gasteiger partial charge on any atom is -0.339 e. The summed E-state index contributed by atoms with van der Waals surface area (Å²) < 4.78 is 4.91. The van der Waals surface area contributed by atoms with Gasteiger partial charge in [-0.2, -0.15) is 4.98 Å². The third-order valence-electron chi connectivity index (χ3n) is 1.15. The molecular weight excluding hydrogens is 128 g/mol. The van der Waals surface area contributed by atoms with Crippen molar-refractivity contribution >= 4 is 0 Å². The van der Waals surface area contributed by atoms with E-state index >= 15 is 0 Å². The lowest BCUT2D eigenvalue weighted by Crippen LogP contribution is -1.93. The van der Waals surface area contributed by atoms with Crippen LogP contribution in [0.5, 0.6) is 0 Å². The SMILES string of the molecule is Cc1noc(CC(C)C)n1. The normalized spacial score (nSPS) is 10.8. The molecule has 3 heteroatoms. The van der Waals surface area contributed by atoms with Gasteiger partial charge in [0.05, 0.1) is 0 Å². The molecule has 0 N–H and O–H groups in total. The highest BCUT2D eigenvalue weighted by Crippen LogP contribution is 2.04. The van der Waals surface area contributed by atoms with Crippen molar-refractivity contribution in [2.24, 2.45) is 5.92 Å². The first-order valence-electron chi connectivity index (χ1n) is 3.47. The molecule has 10 heavy (non-hydrogen) atoms. The fourth-order valence-corrected chi connectivity index (χ4v) is 0.772. The van der Waals surface area contributed by atoms with Gasteiger partial charge >= 0.3 is 0 Å². The standard InChI is InChI=1S/C7H12N2O/c1-5(2)4-7-8-6(3)9-10-7/h5H,4H2,1-3H3. The second-order valence-corrected chi connectivity index (χ2v) is 2.83. The highest BCUT2D eigenvalue weighted by molar-refractivity contribution is 4.83. The Hall–Kier alpha value is -0.860. The summed E-state index contributed by atoms with van der Waals surface area (Å²) in [5, 5.41) is 3.68. The lowest BCUT2D eigenvalue weighted by atomic mass is 10.1. The zero-order chi connectivity index (χ0) is 7.56. The Morgan fingerprint density at radius 3 is 2.60 bits per heavy atom. The lowest BCUT2D eigenvalue weighted by Gasteiger charge is -1.95. The number of rotatable bonds is 2. The summed E-state index contributed by atoms with van der Waals surface area (Å²) in [7, 11) is 0. The van der Waals surface area contributed by atoms with Gasteiger partial charge in [-0.1, -0.05) is 19.0 Å². The zero-order valence-corrected chi connectivity index (χ0v) is 6.59. The molecule has 0 saturated heterocycles. The second-order valence-electron chi connectivity index (χ2n) is 2.83. The fourth-order valence-electron chi connectivity index (χ4n) is 0.772. The minimum atomic E-state index is 0.583. The number of aromatic nitrogens is 2. The summed E-state index contributed by atoms with van der Waals surface area (Å²) in [6.07, 6.45) is 0.876. The van der Waals surface area contributed by atoms with Crippen molar-refractivity contribution in [3.63, 3.8) is 0 Å². The molecule has 0 amide bonds. The van der Waals surface area contributed by atoms with Crippen LogP contribution in [0.15, 0.2) is 4.52 Å². The van der Waals surface area contributed by atoms with Gasteiger partial charge in [0.15, 0.2) is 5.82 Å². The molecule has 0 spiro atoms. The van der Waals surface area contributed by atoms with E-state index in [1.54, 1.807) is 0 Å². The maximum Gasteiger partial charge on any atom is 0.226 e. The van der Waals surface area contributed by atoms with E-state index in [0.717, 1.165) is 18.1 Å². The van der Waals surface area contributed by atoms with Crippen molar-refractivity contribution in [2.45, 2.75) is 27.2 Å². The average molecular weight is 140 g/mol. The lowest BCUT2D eigenvalue weighted by molar-refractivity contribution is 0.360. The maximum absolute atomic E-state index is 4.91. The fraction of sp³-hybridized carbons (Fsp3) is 0.714. The summed E-state index contributed by atoms with van der Waals surface area (Å²) in [5.41, 5.74) is 0. The third-order valence-corrected chi connectivity index (χ3v) is 1.15. The van der Waals surface area contributed by atoms with Gasteiger partial charge in [0.1, 0.15) is 0 Å². The summed E-state index contributed by atoms with van der Waals surface area (Å²) in [6.45, 7) is 6.08. The smallest absolute Gasteiger partial charge is 0.226 e. The van der Waals surface area contributed by atoms with Gasteiger partial charge in [-0.3, -0.25) is 0 Å². The number of hydrogen-bond acceptors (Lipinski definition) is 3. The Morgan fingerprint density at radius 1 is 1.50 bits per heavy atom. The van der Waals surface area contributed by atoms with Gasteiger partial charge < -0.3 is 4.52 Å². The van der Waals surface area contributed by atoms with Crippen LogP contribution in [0.3, 0.4) is 0 Å². The van der Waals surface area contributed by atoms with Crippen LogP contribution in [0.2, 0.25) is 0 Å². The largest absolute Gasteiger partial charge is 0.339 e. The number of nitrogens with zero attached hydrogens (tertiary/aromatic N) is 2. The van der Waals surface area contributed by atoms with E-state index in [-0.39, 0.29) is 0 Å². The third kappa shape index (κ3) is 1.83. The van der Waals surface area contributed by atoms with Gasteiger partial charge in [-0.05, 0) is 12.8 Å². The molecular formula is C7H12N2O. The van der Waals surface area contributed by atoms with Crippen molar-refractivity contribution in [1.29, 1.82) is 0 Å². The molecule has 1 aromatic heterocycles. The van der Waals surface area contributed by atoms with E-state index in [0.29, 0.717) is 5.92 Å². The molecule has 0 aliphatic carbocycles. The van der Waals surface area contributed by atoms with E-state index in [2.05, 4.69) is 24.0 Å². The highest BCUT2D eigenvalue weighted by Gasteiger charge is 2.03. The monoisotopic (exact) mass is 140 g/mol. The average Bonchev–Trinajstić information content (AvgIpc) is 2.13. The Morgan fingerprint density at radius 2 is 2.20 bits per heavy atom. The van der Waals surface area contributed by atoms with E-state index in [9.17, 15) is 0 Å². The Kier molecular flexibility index (Phi) is 2.04. The van der Waals surface area contributed by atoms with Crippen molar-refractivity contribution in [2.75, 3.05) is 0 Å². The predicted octanol–water partition coefficient (Wildman–Crippen LogP) is 1.58. The quantitative estimate of drug-likeness (QED) is 0.626. The van der Waals surface area contributed by atoms with E-state index in [1.807, 2.05) is 6.92 Å². The molecule has 0 aliphatic heterocycles. The topological polar surface area (TPSA) is 38.9 Å². The van der Waals surface area contributed by atoms with Crippen LogP contribution in [-0.2, 0) is 6.42 Å². The van der Waals surface area contributed by atoms with E-state index in [4.69, 9.17) is 4.52 Å². The first-order chi connectivity index (χ1) is 4.68. The molecule has 1 aromatic rings. The molecule has 1 heterocycles. The van der Waals surface area contributed by atoms with Crippen molar-refractivity contribution in [3.8, 4) is 0 Å². The summed E-state index contributed by atoms with van der Waals surface area (Å²) >= 11 is 0.